The summed E-state index contributed by atoms with van der Waals surface area (Å²) < 4.78 is 22.6. The molecule has 3 rings (SSSR count). The number of hydrogen-bond acceptors (Lipinski definition) is 6. The molecule has 1 saturated heterocycles. The van der Waals surface area contributed by atoms with E-state index in [4.69, 9.17) is 13.6 Å². The van der Waals surface area contributed by atoms with Gasteiger partial charge in [-0.15, -0.1) is 0 Å². The summed E-state index contributed by atoms with van der Waals surface area (Å²) in [6.45, 7) is 19.9. The molecule has 1 aliphatic rings. The summed E-state index contributed by atoms with van der Waals surface area (Å²) in [6, 6.07) is 0. The minimum atomic E-state index is -1.86. The van der Waals surface area contributed by atoms with Crippen molar-refractivity contribution in [1.82, 2.24) is 18.8 Å². The van der Waals surface area contributed by atoms with Crippen LogP contribution < -0.4 is 5.56 Å². The third-order valence-corrected chi connectivity index (χ3v) is 8.69. The SMILES string of the molecule is C[Si](C)(C)OCC1OC(n2cnc3c(=O)n([Si](C)(C)C)cnc32)CC1O[Si](C)(C)C. The molecule has 0 radical (unpaired) electrons. The van der Waals surface area contributed by atoms with Gasteiger partial charge in [-0.2, -0.15) is 0 Å². The van der Waals surface area contributed by atoms with Gasteiger partial charge in [0.1, 0.15) is 12.3 Å². The van der Waals surface area contributed by atoms with Crippen LogP contribution in [0.2, 0.25) is 58.9 Å². The number of imidazole rings is 1. The van der Waals surface area contributed by atoms with Gasteiger partial charge in [0.15, 0.2) is 36.0 Å². The quantitative estimate of drug-likeness (QED) is 0.577. The van der Waals surface area contributed by atoms with Gasteiger partial charge in [0.2, 0.25) is 0 Å². The van der Waals surface area contributed by atoms with Gasteiger partial charge in [-0.3, -0.25) is 9.36 Å². The lowest BCUT2D eigenvalue weighted by Crippen LogP contribution is -2.41. The van der Waals surface area contributed by atoms with Crippen molar-refractivity contribution in [2.24, 2.45) is 0 Å². The number of nitrogens with zero attached hydrogens (tertiary/aromatic N) is 4. The molecule has 0 bridgehead atoms. The third-order valence-electron chi connectivity index (χ3n) is 4.88. The van der Waals surface area contributed by atoms with Crippen LogP contribution in [-0.4, -0.2) is 62.5 Å². The van der Waals surface area contributed by atoms with Crippen LogP contribution in [-0.2, 0) is 13.6 Å². The van der Waals surface area contributed by atoms with Crippen LogP contribution in [0, 0.1) is 0 Å². The van der Waals surface area contributed by atoms with Gasteiger partial charge < -0.3 is 17.8 Å². The van der Waals surface area contributed by atoms with Crippen molar-refractivity contribution in [2.45, 2.75) is 83.8 Å². The summed E-state index contributed by atoms with van der Waals surface area (Å²) in [6.07, 6.45) is 3.55. The molecule has 30 heavy (non-hydrogen) atoms. The second-order valence-corrected chi connectivity index (χ2v) is 24.8. The van der Waals surface area contributed by atoms with E-state index in [-0.39, 0.29) is 24.0 Å². The topological polar surface area (TPSA) is 80.4 Å². The summed E-state index contributed by atoms with van der Waals surface area (Å²) in [4.78, 5) is 21.9. The predicted octanol–water partition coefficient (Wildman–Crippen LogP) is 3.64. The van der Waals surface area contributed by atoms with E-state index in [1.54, 1.807) is 16.9 Å². The Kier molecular flexibility index (Phi) is 6.35. The first-order valence-corrected chi connectivity index (χ1v) is 20.8. The maximum absolute atomic E-state index is 12.9. The van der Waals surface area contributed by atoms with Crippen LogP contribution in [0.25, 0.3) is 11.2 Å². The van der Waals surface area contributed by atoms with E-state index in [1.165, 1.54) is 0 Å². The van der Waals surface area contributed by atoms with Crippen molar-refractivity contribution in [1.29, 1.82) is 0 Å². The van der Waals surface area contributed by atoms with Crippen molar-refractivity contribution >= 4 is 36.0 Å². The lowest BCUT2D eigenvalue weighted by atomic mass is 10.2. The fourth-order valence-corrected chi connectivity index (χ4v) is 6.47. The zero-order valence-corrected chi connectivity index (χ0v) is 22.7. The molecule has 3 heterocycles. The molecule has 0 amide bonds. The summed E-state index contributed by atoms with van der Waals surface area (Å²) in [5, 5.41) is 0. The van der Waals surface area contributed by atoms with Crippen LogP contribution in [0.15, 0.2) is 17.4 Å². The summed E-state index contributed by atoms with van der Waals surface area (Å²) in [5.74, 6) is 0. The Balaban J connectivity index is 1.90. The first-order chi connectivity index (χ1) is 13.7. The Labute approximate surface area is 181 Å². The fraction of sp³-hybridized carbons (Fsp3) is 0.737. The Bertz CT molecular complexity index is 956. The molecule has 1 aliphatic heterocycles. The monoisotopic (exact) mass is 468 g/mol. The minimum Gasteiger partial charge on any atom is -0.415 e. The van der Waals surface area contributed by atoms with E-state index in [9.17, 15) is 4.79 Å². The van der Waals surface area contributed by atoms with E-state index in [0.717, 1.165) is 0 Å². The lowest BCUT2D eigenvalue weighted by Gasteiger charge is -2.28. The van der Waals surface area contributed by atoms with Gasteiger partial charge in [0.25, 0.3) is 5.56 Å². The fourth-order valence-electron chi connectivity index (χ4n) is 3.53. The predicted molar refractivity (Wildman–Crippen MR) is 127 cm³/mol. The standard InChI is InChI=1S/C19H36N4O4Si3/c1-28(2,3)23-13-21-18-17(19(23)24)20-12-22(18)16-10-14(27-30(7,8)9)15(26-16)11-25-29(4,5)6/h12-16H,10-11H2,1-9H3. The average Bonchev–Trinajstić information content (AvgIpc) is 3.14. The zero-order valence-electron chi connectivity index (χ0n) is 19.7. The number of aromatic nitrogens is 4. The summed E-state index contributed by atoms with van der Waals surface area (Å²) in [7, 11) is -5.29. The van der Waals surface area contributed by atoms with Gasteiger partial charge in [0, 0.05) is 6.42 Å². The highest BCUT2D eigenvalue weighted by atomic mass is 28.4. The van der Waals surface area contributed by atoms with Crippen molar-refractivity contribution in [3.8, 4) is 0 Å². The molecule has 2 aromatic rings. The number of hydrogen-bond donors (Lipinski definition) is 0. The number of rotatable bonds is 7. The van der Waals surface area contributed by atoms with E-state index in [1.807, 2.05) is 4.57 Å². The van der Waals surface area contributed by atoms with Crippen molar-refractivity contribution < 1.29 is 13.6 Å². The van der Waals surface area contributed by atoms with Gasteiger partial charge in [-0.1, -0.05) is 19.6 Å². The van der Waals surface area contributed by atoms with Crippen LogP contribution in [0.4, 0.5) is 0 Å². The van der Waals surface area contributed by atoms with Gasteiger partial charge in [-0.25, -0.2) is 9.97 Å². The molecule has 11 heteroatoms. The molecule has 3 unspecified atom stereocenters. The third kappa shape index (κ3) is 5.37. The van der Waals surface area contributed by atoms with Crippen LogP contribution >= 0.6 is 0 Å². The zero-order chi connectivity index (χ0) is 22.5. The minimum absolute atomic E-state index is 0.0437. The van der Waals surface area contributed by atoms with Crippen LogP contribution in [0.5, 0.6) is 0 Å². The van der Waals surface area contributed by atoms with Gasteiger partial charge in [0.05, 0.1) is 25.4 Å². The first-order valence-electron chi connectivity index (χ1n) is 10.6. The molecule has 3 atom stereocenters. The second kappa shape index (κ2) is 8.10. The maximum atomic E-state index is 12.9. The molecule has 0 spiro atoms. The van der Waals surface area contributed by atoms with E-state index >= 15 is 0 Å². The van der Waals surface area contributed by atoms with Gasteiger partial charge in [-0.05, 0) is 39.3 Å². The van der Waals surface area contributed by atoms with Crippen LogP contribution in [0.3, 0.4) is 0 Å². The molecule has 0 aliphatic carbocycles. The van der Waals surface area contributed by atoms with Crippen molar-refractivity contribution in [2.75, 3.05) is 6.61 Å². The molecule has 8 nitrogen and oxygen atoms in total. The summed E-state index contributed by atoms with van der Waals surface area (Å²) in [5.41, 5.74) is 0.885. The molecule has 0 saturated carbocycles. The molecule has 168 valence electrons. The van der Waals surface area contributed by atoms with Crippen molar-refractivity contribution in [3.63, 3.8) is 0 Å². The second-order valence-electron chi connectivity index (χ2n) is 11.0. The Hall–Kier alpha value is -1.12. The highest BCUT2D eigenvalue weighted by Crippen LogP contribution is 2.34. The molecule has 0 aromatic carbocycles. The maximum Gasteiger partial charge on any atom is 0.273 e. The molecule has 2 aromatic heterocycles. The average molecular weight is 469 g/mol. The molecule has 1 fully saturated rings. The molecule has 0 N–H and O–H groups in total. The molecular weight excluding hydrogens is 432 g/mol. The lowest BCUT2D eigenvalue weighted by molar-refractivity contribution is -0.0367. The van der Waals surface area contributed by atoms with E-state index in [0.29, 0.717) is 24.2 Å². The summed E-state index contributed by atoms with van der Waals surface area (Å²) >= 11 is 0. The van der Waals surface area contributed by atoms with E-state index in [2.05, 4.69) is 68.9 Å². The number of ether oxygens (including phenoxy) is 1. The van der Waals surface area contributed by atoms with Gasteiger partial charge >= 0.3 is 0 Å². The smallest absolute Gasteiger partial charge is 0.273 e. The highest BCUT2D eigenvalue weighted by molar-refractivity contribution is 6.74. The largest absolute Gasteiger partial charge is 0.415 e. The highest BCUT2D eigenvalue weighted by Gasteiger charge is 2.40. The van der Waals surface area contributed by atoms with Crippen molar-refractivity contribution in [3.05, 3.63) is 23.0 Å². The Morgan fingerprint density at radius 3 is 2.27 bits per heavy atom. The first kappa shape index (κ1) is 23.5. The Morgan fingerprint density at radius 2 is 1.70 bits per heavy atom. The molecular formula is C19H36N4O4Si3. The normalized spacial score (nSPS) is 23.4. The Morgan fingerprint density at radius 1 is 1.03 bits per heavy atom. The van der Waals surface area contributed by atoms with Crippen LogP contribution in [0.1, 0.15) is 12.6 Å². The van der Waals surface area contributed by atoms with E-state index < -0.39 is 24.9 Å². The number of fused-ring (bicyclic) bond motifs is 1.